The molecule has 0 aromatic heterocycles. The van der Waals surface area contributed by atoms with Crippen LogP contribution in [0.5, 0.6) is 0 Å². The molecule has 0 fully saturated rings. The fraction of sp³-hybridized carbons (Fsp3) is 0.625. The first kappa shape index (κ1) is 24.9. The Balaban J connectivity index is -0.000000295. The SMILES string of the molecule is CCCC=C(CC)C(=O)[O-].CCCC=C(CC)C(=O)[O-].[Cr+2]. The molecule has 0 bridgehead atoms. The van der Waals surface area contributed by atoms with E-state index in [1.807, 2.05) is 27.7 Å². The van der Waals surface area contributed by atoms with Gasteiger partial charge in [-0.3, -0.25) is 0 Å². The van der Waals surface area contributed by atoms with Crippen molar-refractivity contribution in [2.45, 2.75) is 66.2 Å². The van der Waals surface area contributed by atoms with Gasteiger partial charge in [0.25, 0.3) is 0 Å². The van der Waals surface area contributed by atoms with Gasteiger partial charge in [0.2, 0.25) is 0 Å². The van der Waals surface area contributed by atoms with Crippen LogP contribution in [0.1, 0.15) is 66.2 Å². The molecule has 0 aliphatic carbocycles. The molecule has 0 radical (unpaired) electrons. The molecule has 5 heteroatoms. The van der Waals surface area contributed by atoms with Crippen molar-refractivity contribution in [3.63, 3.8) is 0 Å². The summed E-state index contributed by atoms with van der Waals surface area (Å²) in [5.41, 5.74) is 0.837. The van der Waals surface area contributed by atoms with Gasteiger partial charge < -0.3 is 19.8 Å². The molecule has 0 N–H and O–H groups in total. The second kappa shape index (κ2) is 17.0. The number of carboxylic acid groups (broad SMARTS) is 2. The maximum absolute atomic E-state index is 10.3. The summed E-state index contributed by atoms with van der Waals surface area (Å²) in [6.07, 6.45) is 8.21. The van der Waals surface area contributed by atoms with Gasteiger partial charge in [-0.2, -0.15) is 0 Å². The molecule has 4 nitrogen and oxygen atoms in total. The Kier molecular flexibility index (Phi) is 20.2. The van der Waals surface area contributed by atoms with Crippen LogP contribution >= 0.6 is 0 Å². The third-order valence-electron chi connectivity index (χ3n) is 2.65. The molecule has 0 amide bonds. The summed E-state index contributed by atoms with van der Waals surface area (Å²) in [6, 6.07) is 0. The van der Waals surface area contributed by atoms with Gasteiger partial charge in [-0.15, -0.1) is 0 Å². The maximum atomic E-state index is 10.3. The molecule has 0 rings (SSSR count). The van der Waals surface area contributed by atoms with Crippen LogP contribution in [-0.2, 0) is 27.0 Å². The van der Waals surface area contributed by atoms with Crippen LogP contribution in [-0.4, -0.2) is 11.9 Å². The van der Waals surface area contributed by atoms with E-state index in [0.717, 1.165) is 25.7 Å². The van der Waals surface area contributed by atoms with Gasteiger partial charge in [-0.25, -0.2) is 0 Å². The second-order valence-corrected chi connectivity index (χ2v) is 4.32. The molecule has 0 saturated heterocycles. The predicted octanol–water partition coefficient (Wildman–Crippen LogP) is 1.74. The van der Waals surface area contributed by atoms with Crippen LogP contribution in [0.15, 0.2) is 23.3 Å². The summed E-state index contributed by atoms with van der Waals surface area (Å²) >= 11 is 0. The van der Waals surface area contributed by atoms with Gasteiger partial charge in [0.1, 0.15) is 0 Å². The van der Waals surface area contributed by atoms with Gasteiger partial charge in [-0.1, -0.05) is 52.7 Å². The second-order valence-electron chi connectivity index (χ2n) is 4.32. The number of carboxylic acids is 2. The van der Waals surface area contributed by atoms with E-state index >= 15 is 0 Å². The number of rotatable bonds is 8. The normalized spacial score (nSPS) is 11.0. The average molecular weight is 334 g/mol. The van der Waals surface area contributed by atoms with Crippen molar-refractivity contribution in [2.75, 3.05) is 0 Å². The summed E-state index contributed by atoms with van der Waals surface area (Å²) in [6.45, 7) is 7.66. The first-order chi connectivity index (χ1) is 9.44. The molecule has 0 aliphatic rings. The topological polar surface area (TPSA) is 80.3 Å². The minimum atomic E-state index is -1.03. The molecule has 0 saturated carbocycles. The van der Waals surface area contributed by atoms with Crippen LogP contribution in [0.4, 0.5) is 0 Å². The van der Waals surface area contributed by atoms with Gasteiger partial charge >= 0.3 is 17.4 Å². The first-order valence-corrected chi connectivity index (χ1v) is 7.25. The van der Waals surface area contributed by atoms with E-state index in [1.54, 1.807) is 12.2 Å². The molecular weight excluding hydrogens is 308 g/mol. The zero-order valence-corrected chi connectivity index (χ0v) is 14.7. The molecule has 0 aliphatic heterocycles. The van der Waals surface area contributed by atoms with Crippen molar-refractivity contribution in [3.8, 4) is 0 Å². The van der Waals surface area contributed by atoms with Crippen LogP contribution < -0.4 is 10.2 Å². The van der Waals surface area contributed by atoms with Gasteiger partial charge in [-0.05, 0) is 36.8 Å². The van der Waals surface area contributed by atoms with Crippen LogP contribution in [0, 0.1) is 0 Å². The molecule has 0 aromatic rings. The third kappa shape index (κ3) is 15.2. The van der Waals surface area contributed by atoms with Crippen LogP contribution in [0.3, 0.4) is 0 Å². The molecule has 0 atom stereocenters. The quantitative estimate of drug-likeness (QED) is 0.633. The third-order valence-corrected chi connectivity index (χ3v) is 2.65. The van der Waals surface area contributed by atoms with Crippen molar-refractivity contribution in [1.82, 2.24) is 0 Å². The van der Waals surface area contributed by atoms with Gasteiger partial charge in [0, 0.05) is 0 Å². The molecule has 120 valence electrons. The van der Waals surface area contributed by atoms with Crippen LogP contribution in [0.2, 0.25) is 0 Å². The van der Waals surface area contributed by atoms with E-state index in [4.69, 9.17) is 0 Å². The number of carbonyl (C=O) groups excluding carboxylic acids is 2. The number of aliphatic carboxylic acids is 2. The summed E-state index contributed by atoms with van der Waals surface area (Å²) in [7, 11) is 0. The zero-order valence-electron chi connectivity index (χ0n) is 13.4. The molecular formula is C16H26CrO4. The summed E-state index contributed by atoms with van der Waals surface area (Å²) in [4.78, 5) is 20.5. The Morgan fingerprint density at radius 2 is 1.05 bits per heavy atom. The Morgan fingerprint density at radius 1 is 0.762 bits per heavy atom. The van der Waals surface area contributed by atoms with Crippen molar-refractivity contribution in [3.05, 3.63) is 23.3 Å². The number of hydrogen-bond donors (Lipinski definition) is 0. The maximum Gasteiger partial charge on any atom is 2.00 e. The van der Waals surface area contributed by atoms with Gasteiger partial charge in [0.15, 0.2) is 0 Å². The zero-order chi connectivity index (χ0) is 16.0. The van der Waals surface area contributed by atoms with Crippen molar-refractivity contribution >= 4 is 11.9 Å². The number of hydrogen-bond acceptors (Lipinski definition) is 4. The van der Waals surface area contributed by atoms with E-state index in [2.05, 4.69) is 0 Å². The Hall–Kier alpha value is -1.05. The van der Waals surface area contributed by atoms with Crippen molar-refractivity contribution in [1.29, 1.82) is 0 Å². The van der Waals surface area contributed by atoms with Crippen molar-refractivity contribution < 1.29 is 37.2 Å². The molecule has 0 aromatic carbocycles. The Morgan fingerprint density at radius 3 is 1.19 bits per heavy atom. The van der Waals surface area contributed by atoms with E-state index in [1.165, 1.54) is 0 Å². The minimum Gasteiger partial charge on any atom is -0.545 e. The summed E-state index contributed by atoms with van der Waals surface area (Å²) in [5, 5.41) is 20.5. The monoisotopic (exact) mass is 334 g/mol. The molecule has 0 heterocycles. The number of unbranched alkanes of at least 4 members (excludes halogenated alkanes) is 2. The molecule has 0 spiro atoms. The Labute approximate surface area is 139 Å². The Bertz CT molecular complexity index is 312. The van der Waals surface area contributed by atoms with E-state index in [-0.39, 0.29) is 17.4 Å². The van der Waals surface area contributed by atoms with E-state index in [0.29, 0.717) is 24.0 Å². The van der Waals surface area contributed by atoms with Crippen molar-refractivity contribution in [2.24, 2.45) is 0 Å². The average Bonchev–Trinajstić information content (AvgIpc) is 2.40. The predicted molar refractivity (Wildman–Crippen MR) is 76.6 cm³/mol. The fourth-order valence-corrected chi connectivity index (χ4v) is 1.38. The summed E-state index contributed by atoms with van der Waals surface area (Å²) in [5.74, 6) is -2.06. The largest absolute Gasteiger partial charge is 2.00 e. The van der Waals surface area contributed by atoms with E-state index < -0.39 is 11.9 Å². The first-order valence-electron chi connectivity index (χ1n) is 7.25. The number of allylic oxidation sites excluding steroid dienone is 2. The molecule has 21 heavy (non-hydrogen) atoms. The number of carbonyl (C=O) groups is 2. The van der Waals surface area contributed by atoms with Crippen LogP contribution in [0.25, 0.3) is 0 Å². The van der Waals surface area contributed by atoms with E-state index in [9.17, 15) is 19.8 Å². The standard InChI is InChI=1S/2C8H14O2.Cr/c2*1-3-5-6-7(4-2)8(9)10;/h2*6H,3-5H2,1-2H3,(H,9,10);/q;;+2/p-2. The smallest absolute Gasteiger partial charge is 0.545 e. The minimum absolute atomic E-state index is 0. The molecule has 0 unspecified atom stereocenters. The van der Waals surface area contributed by atoms with Gasteiger partial charge in [0.05, 0.1) is 11.9 Å². The summed E-state index contributed by atoms with van der Waals surface area (Å²) < 4.78 is 0. The fourth-order valence-electron chi connectivity index (χ4n) is 1.38.